The van der Waals surface area contributed by atoms with Crippen molar-refractivity contribution in [1.29, 1.82) is 5.26 Å². The maximum Gasteiger partial charge on any atom is 0.417 e. The number of halogens is 4. The first-order valence-electron chi connectivity index (χ1n) is 12.2. The second-order valence-corrected chi connectivity index (χ2v) is 9.92. The second-order valence-electron chi connectivity index (χ2n) is 9.56. The Kier molecular flexibility index (Phi) is 10.7. The summed E-state index contributed by atoms with van der Waals surface area (Å²) in [6, 6.07) is 4.54. The molecule has 2 aliphatic rings. The molecule has 0 spiro atoms. The lowest BCUT2D eigenvalue weighted by Gasteiger charge is -2.29. The number of esters is 1. The Morgan fingerprint density at radius 2 is 1.92 bits per heavy atom. The van der Waals surface area contributed by atoms with Gasteiger partial charge in [0.2, 0.25) is 0 Å². The summed E-state index contributed by atoms with van der Waals surface area (Å²) in [5.41, 5.74) is -2.62. The van der Waals surface area contributed by atoms with Crippen molar-refractivity contribution < 1.29 is 27.5 Å². The lowest BCUT2D eigenvalue weighted by atomic mass is 10.0. The van der Waals surface area contributed by atoms with E-state index in [0.29, 0.717) is 13.2 Å². The normalized spacial score (nSPS) is 19.1. The van der Waals surface area contributed by atoms with Crippen LogP contribution in [0.25, 0.3) is 0 Å². The number of ether oxygens (including phenoxy) is 1. The van der Waals surface area contributed by atoms with E-state index in [1.165, 1.54) is 6.07 Å². The predicted molar refractivity (Wildman–Crippen MR) is 139 cm³/mol. The molecule has 2 saturated heterocycles. The summed E-state index contributed by atoms with van der Waals surface area (Å²) in [7, 11) is 0. The quantitative estimate of drug-likeness (QED) is 0.246. The van der Waals surface area contributed by atoms with Crippen LogP contribution in [-0.2, 0) is 20.5 Å². The number of nitrogens with one attached hydrogen (secondary N) is 1. The summed E-state index contributed by atoms with van der Waals surface area (Å²) in [5, 5.41) is 12.3. The maximum absolute atomic E-state index is 13.4. The standard InChI is InChI=1S/C25H31F3N4O3S.ClH/c1-24(2)22(34)32(18-11-10-17(16-29)19(15-18)25(26,27)28)23(36)31(24)13-6-4-3-5-7-14-35-21(33)20-9-8-12-30-20;/h10-11,15,20,30H,3-9,12-14H2,1-2H3;1H. The van der Waals surface area contributed by atoms with Crippen LogP contribution in [0.3, 0.4) is 0 Å². The third-order valence-corrected chi connectivity index (χ3v) is 7.03. The first kappa shape index (κ1) is 30.8. The van der Waals surface area contributed by atoms with Gasteiger partial charge < -0.3 is 15.0 Å². The highest BCUT2D eigenvalue weighted by molar-refractivity contribution is 7.80. The van der Waals surface area contributed by atoms with E-state index in [1.54, 1.807) is 24.8 Å². The molecule has 0 aliphatic carbocycles. The zero-order chi connectivity index (χ0) is 26.5. The zero-order valence-electron chi connectivity index (χ0n) is 20.9. The summed E-state index contributed by atoms with van der Waals surface area (Å²) < 4.78 is 45.6. The largest absolute Gasteiger partial charge is 0.465 e. The van der Waals surface area contributed by atoms with Crippen LogP contribution in [0.4, 0.5) is 18.9 Å². The fourth-order valence-electron chi connectivity index (χ4n) is 4.50. The summed E-state index contributed by atoms with van der Waals surface area (Å²) in [6.07, 6.45) is 1.29. The van der Waals surface area contributed by atoms with Crippen molar-refractivity contribution in [2.75, 3.05) is 24.6 Å². The molecular formula is C25H32ClF3N4O3S. The molecule has 2 fully saturated rings. The van der Waals surface area contributed by atoms with Crippen molar-refractivity contribution in [2.24, 2.45) is 0 Å². The third-order valence-electron chi connectivity index (χ3n) is 6.63. The van der Waals surface area contributed by atoms with Crippen molar-refractivity contribution >= 4 is 47.3 Å². The van der Waals surface area contributed by atoms with Gasteiger partial charge in [0.1, 0.15) is 11.6 Å². The van der Waals surface area contributed by atoms with Crippen LogP contribution in [0, 0.1) is 11.3 Å². The van der Waals surface area contributed by atoms with Gasteiger partial charge >= 0.3 is 12.1 Å². The molecule has 204 valence electrons. The third kappa shape index (κ3) is 7.12. The van der Waals surface area contributed by atoms with Gasteiger partial charge in [0.05, 0.1) is 29.5 Å². The van der Waals surface area contributed by atoms with Gasteiger partial charge in [-0.05, 0) is 76.5 Å². The smallest absolute Gasteiger partial charge is 0.417 e. The summed E-state index contributed by atoms with van der Waals surface area (Å²) in [6.45, 7) is 5.13. The number of nitrogens with zero attached hydrogens (tertiary/aromatic N) is 3. The van der Waals surface area contributed by atoms with Crippen LogP contribution in [0.2, 0.25) is 0 Å². The fourth-order valence-corrected chi connectivity index (χ4v) is 5.01. The van der Waals surface area contributed by atoms with Crippen molar-refractivity contribution in [3.05, 3.63) is 29.3 Å². The van der Waals surface area contributed by atoms with Crippen molar-refractivity contribution in [1.82, 2.24) is 10.2 Å². The van der Waals surface area contributed by atoms with Crippen LogP contribution >= 0.6 is 24.6 Å². The van der Waals surface area contributed by atoms with E-state index in [9.17, 15) is 22.8 Å². The van der Waals surface area contributed by atoms with Crippen LogP contribution < -0.4 is 10.2 Å². The minimum absolute atomic E-state index is 0. The van der Waals surface area contributed by atoms with Crippen LogP contribution in [0.5, 0.6) is 0 Å². The molecule has 1 N–H and O–H groups in total. The SMILES string of the molecule is CC1(C)C(=O)N(c2ccc(C#N)c(C(F)(F)F)c2)C(=S)N1CCCCCCCOC(=O)C1CCCN1.Cl. The van der Waals surface area contributed by atoms with Crippen LogP contribution in [-0.4, -0.2) is 53.2 Å². The average Bonchev–Trinajstić information content (AvgIpc) is 3.42. The number of rotatable bonds is 10. The van der Waals surface area contributed by atoms with Crippen molar-refractivity contribution in [3.8, 4) is 6.07 Å². The molecule has 1 amide bonds. The molecule has 0 saturated carbocycles. The van der Waals surface area contributed by atoms with E-state index in [4.69, 9.17) is 22.2 Å². The molecule has 2 heterocycles. The van der Waals surface area contributed by atoms with Gasteiger partial charge in [0.15, 0.2) is 5.11 Å². The van der Waals surface area contributed by atoms with Crippen molar-refractivity contribution in [2.45, 2.75) is 76.6 Å². The van der Waals surface area contributed by atoms with E-state index in [2.05, 4.69) is 5.32 Å². The molecule has 2 aliphatic heterocycles. The molecule has 12 heteroatoms. The monoisotopic (exact) mass is 560 g/mol. The maximum atomic E-state index is 13.4. The number of hydrogen-bond donors (Lipinski definition) is 1. The highest BCUT2D eigenvalue weighted by Crippen LogP contribution is 2.38. The molecule has 0 aromatic heterocycles. The van der Waals surface area contributed by atoms with Gasteiger partial charge in [-0.3, -0.25) is 14.5 Å². The van der Waals surface area contributed by atoms with Gasteiger partial charge in [-0.15, -0.1) is 12.4 Å². The minimum atomic E-state index is -4.73. The van der Waals surface area contributed by atoms with E-state index in [1.807, 2.05) is 0 Å². The van der Waals surface area contributed by atoms with Gasteiger partial charge in [0.25, 0.3) is 5.91 Å². The molecular weight excluding hydrogens is 529 g/mol. The number of carbonyl (C=O) groups excluding carboxylic acids is 2. The highest BCUT2D eigenvalue weighted by atomic mass is 35.5. The molecule has 1 aromatic rings. The number of benzene rings is 1. The molecule has 3 rings (SSSR count). The molecule has 1 aromatic carbocycles. The first-order valence-corrected chi connectivity index (χ1v) is 12.6. The molecule has 1 atom stereocenters. The average molecular weight is 561 g/mol. The van der Waals surface area contributed by atoms with E-state index in [0.717, 1.165) is 68.5 Å². The van der Waals surface area contributed by atoms with Crippen LogP contribution in [0.1, 0.15) is 69.9 Å². The van der Waals surface area contributed by atoms with Crippen LogP contribution in [0.15, 0.2) is 18.2 Å². The molecule has 0 radical (unpaired) electrons. The number of unbranched alkanes of at least 4 members (excludes halogenated alkanes) is 4. The van der Waals surface area contributed by atoms with Gasteiger partial charge in [-0.2, -0.15) is 18.4 Å². The Bertz CT molecular complexity index is 1040. The first-order chi connectivity index (χ1) is 17.0. The predicted octanol–water partition coefficient (Wildman–Crippen LogP) is 4.96. The lowest BCUT2D eigenvalue weighted by Crippen LogP contribution is -2.44. The van der Waals surface area contributed by atoms with Gasteiger partial charge in [-0.1, -0.05) is 19.3 Å². The Morgan fingerprint density at radius 3 is 2.54 bits per heavy atom. The van der Waals surface area contributed by atoms with E-state index < -0.39 is 28.7 Å². The zero-order valence-corrected chi connectivity index (χ0v) is 22.5. The van der Waals surface area contributed by atoms with E-state index in [-0.39, 0.29) is 35.2 Å². The molecule has 0 bridgehead atoms. The Labute approximate surface area is 226 Å². The molecule has 7 nitrogen and oxygen atoms in total. The number of amides is 1. The minimum Gasteiger partial charge on any atom is -0.465 e. The number of anilines is 1. The number of thiocarbonyl (C=S) groups is 1. The molecule has 1 unspecified atom stereocenters. The number of nitriles is 1. The number of alkyl halides is 3. The Balaban J connectivity index is 0.00000481. The van der Waals surface area contributed by atoms with Crippen molar-refractivity contribution in [3.63, 3.8) is 0 Å². The van der Waals surface area contributed by atoms with Gasteiger partial charge in [-0.25, -0.2) is 0 Å². The molecule has 37 heavy (non-hydrogen) atoms. The Morgan fingerprint density at radius 1 is 1.24 bits per heavy atom. The summed E-state index contributed by atoms with van der Waals surface area (Å²) in [4.78, 5) is 27.9. The second kappa shape index (κ2) is 12.9. The summed E-state index contributed by atoms with van der Waals surface area (Å²) >= 11 is 5.50. The number of carbonyl (C=O) groups is 2. The van der Waals surface area contributed by atoms with E-state index >= 15 is 0 Å². The van der Waals surface area contributed by atoms with Gasteiger partial charge in [0, 0.05) is 6.54 Å². The highest BCUT2D eigenvalue weighted by Gasteiger charge is 2.49. The summed E-state index contributed by atoms with van der Waals surface area (Å²) in [5.74, 6) is -0.597. The number of hydrogen-bond acceptors (Lipinski definition) is 6. The lowest BCUT2D eigenvalue weighted by molar-refractivity contribution is -0.146. The topological polar surface area (TPSA) is 85.7 Å². The Hall–Kier alpha value is -2.42. The fraction of sp³-hybridized carbons (Fsp3) is 0.600.